The third kappa shape index (κ3) is 4.18. The second kappa shape index (κ2) is 7.60. The summed E-state index contributed by atoms with van der Waals surface area (Å²) in [7, 11) is 0. The van der Waals surface area contributed by atoms with Crippen molar-refractivity contribution >= 4 is 11.9 Å². The van der Waals surface area contributed by atoms with Gasteiger partial charge < -0.3 is 9.47 Å². The van der Waals surface area contributed by atoms with Crippen molar-refractivity contribution in [3.05, 3.63) is 71.8 Å². The molecule has 5 heteroatoms. The number of carbonyl (C=O) groups is 2. The molecule has 0 amide bonds. The molecule has 5 nitrogen and oxygen atoms in total. The van der Waals surface area contributed by atoms with Gasteiger partial charge >= 0.3 is 11.9 Å². The van der Waals surface area contributed by atoms with Crippen molar-refractivity contribution < 1.29 is 19.1 Å². The Morgan fingerprint density at radius 2 is 1.41 bits per heavy atom. The zero-order valence-electron chi connectivity index (χ0n) is 11.6. The zero-order valence-corrected chi connectivity index (χ0v) is 11.6. The molecule has 0 fully saturated rings. The van der Waals surface area contributed by atoms with Gasteiger partial charge in [-0.05, 0) is 24.3 Å². The largest absolute Gasteiger partial charge is 0.457 e. The molecule has 0 saturated carbocycles. The van der Waals surface area contributed by atoms with E-state index >= 15 is 0 Å². The first kappa shape index (κ1) is 15.3. The number of nitrogens with zero attached hydrogens (tertiary/aromatic N) is 1. The van der Waals surface area contributed by atoms with E-state index in [0.717, 1.165) is 0 Å². The number of rotatable bonds is 5. The maximum Gasteiger partial charge on any atom is 0.339 e. The van der Waals surface area contributed by atoms with E-state index in [9.17, 15) is 9.59 Å². The first-order valence-electron chi connectivity index (χ1n) is 6.58. The minimum atomic E-state index is -1.15. The molecule has 0 saturated heterocycles. The Labute approximate surface area is 127 Å². The van der Waals surface area contributed by atoms with E-state index in [1.165, 1.54) is 0 Å². The van der Waals surface area contributed by atoms with Crippen LogP contribution in [0.4, 0.5) is 0 Å². The Morgan fingerprint density at radius 1 is 0.909 bits per heavy atom. The highest BCUT2D eigenvalue weighted by atomic mass is 16.6. The van der Waals surface area contributed by atoms with Crippen LogP contribution in [0, 0.1) is 11.3 Å². The third-order valence-electron chi connectivity index (χ3n) is 2.78. The van der Waals surface area contributed by atoms with E-state index in [1.54, 1.807) is 66.7 Å². The molecule has 0 unspecified atom stereocenters. The fraction of sp³-hybridized carbons (Fsp3) is 0.118. The number of hydrogen-bond acceptors (Lipinski definition) is 5. The fourth-order valence-corrected chi connectivity index (χ4v) is 1.68. The molecule has 0 radical (unpaired) electrons. The van der Waals surface area contributed by atoms with Crippen LogP contribution in [0.1, 0.15) is 20.7 Å². The minimum absolute atomic E-state index is 0.317. The summed E-state index contributed by atoms with van der Waals surface area (Å²) in [5.41, 5.74) is 0.700. The van der Waals surface area contributed by atoms with Crippen molar-refractivity contribution in [2.24, 2.45) is 0 Å². The summed E-state index contributed by atoms with van der Waals surface area (Å²) < 4.78 is 9.97. The van der Waals surface area contributed by atoms with Crippen LogP contribution in [0.3, 0.4) is 0 Å². The standard InChI is InChI=1S/C17H13NO4/c18-11-15(22-17(20)14-9-5-2-6-10-14)12-21-16(19)13-7-3-1-4-8-13/h1-10,15H,12H2/t15-/m0/s1. The molecule has 0 bridgehead atoms. The summed E-state index contributed by atoms with van der Waals surface area (Å²) >= 11 is 0. The summed E-state index contributed by atoms with van der Waals surface area (Å²) in [5, 5.41) is 8.99. The van der Waals surface area contributed by atoms with Crippen LogP contribution in [0.15, 0.2) is 60.7 Å². The van der Waals surface area contributed by atoms with Gasteiger partial charge in [0.05, 0.1) is 11.1 Å². The monoisotopic (exact) mass is 295 g/mol. The molecule has 22 heavy (non-hydrogen) atoms. The Morgan fingerprint density at radius 3 is 1.91 bits per heavy atom. The van der Waals surface area contributed by atoms with Crippen molar-refractivity contribution in [3.8, 4) is 6.07 Å². The molecule has 0 N–H and O–H groups in total. The highest BCUT2D eigenvalue weighted by Crippen LogP contribution is 2.06. The van der Waals surface area contributed by atoms with Crippen molar-refractivity contribution in [1.82, 2.24) is 0 Å². The van der Waals surface area contributed by atoms with E-state index < -0.39 is 18.0 Å². The molecule has 0 spiro atoms. The Balaban J connectivity index is 1.89. The zero-order chi connectivity index (χ0) is 15.8. The van der Waals surface area contributed by atoms with Crippen LogP contribution in [0.2, 0.25) is 0 Å². The van der Waals surface area contributed by atoms with Gasteiger partial charge in [0, 0.05) is 0 Å². The lowest BCUT2D eigenvalue weighted by Crippen LogP contribution is -2.24. The van der Waals surface area contributed by atoms with Gasteiger partial charge in [-0.3, -0.25) is 0 Å². The number of hydrogen-bond donors (Lipinski definition) is 0. The van der Waals surface area contributed by atoms with E-state index in [4.69, 9.17) is 14.7 Å². The molecule has 1 atom stereocenters. The van der Waals surface area contributed by atoms with Crippen molar-refractivity contribution in [2.75, 3.05) is 6.61 Å². The van der Waals surface area contributed by atoms with Crippen LogP contribution in [0.25, 0.3) is 0 Å². The third-order valence-corrected chi connectivity index (χ3v) is 2.78. The normalized spacial score (nSPS) is 11.0. The summed E-state index contributed by atoms with van der Waals surface area (Å²) in [6.45, 7) is -0.317. The summed E-state index contributed by atoms with van der Waals surface area (Å²) in [4.78, 5) is 23.6. The summed E-state index contributed by atoms with van der Waals surface area (Å²) in [6, 6.07) is 18.5. The van der Waals surface area contributed by atoms with Gasteiger partial charge in [0.2, 0.25) is 6.10 Å². The molecule has 2 rings (SSSR count). The van der Waals surface area contributed by atoms with Gasteiger partial charge in [0.15, 0.2) is 0 Å². The van der Waals surface area contributed by atoms with Crippen molar-refractivity contribution in [2.45, 2.75) is 6.10 Å². The molecule has 2 aromatic rings. The van der Waals surface area contributed by atoms with Crippen LogP contribution in [0.5, 0.6) is 0 Å². The predicted octanol–water partition coefficient (Wildman–Crippen LogP) is 2.59. The van der Waals surface area contributed by atoms with Gasteiger partial charge in [-0.1, -0.05) is 36.4 Å². The predicted molar refractivity (Wildman–Crippen MR) is 78.0 cm³/mol. The second-order valence-corrected chi connectivity index (χ2v) is 4.35. The van der Waals surface area contributed by atoms with Gasteiger partial charge in [-0.15, -0.1) is 0 Å². The number of nitriles is 1. The topological polar surface area (TPSA) is 76.4 Å². The van der Waals surface area contributed by atoms with Gasteiger partial charge in [-0.25, -0.2) is 9.59 Å². The quantitative estimate of drug-likeness (QED) is 0.792. The lowest BCUT2D eigenvalue weighted by Gasteiger charge is -2.11. The second-order valence-electron chi connectivity index (χ2n) is 4.35. The molecule has 0 aliphatic carbocycles. The average Bonchev–Trinajstić information content (AvgIpc) is 2.59. The number of esters is 2. The van der Waals surface area contributed by atoms with Crippen LogP contribution in [-0.4, -0.2) is 24.6 Å². The van der Waals surface area contributed by atoms with E-state index in [2.05, 4.69) is 0 Å². The summed E-state index contributed by atoms with van der Waals surface area (Å²) in [5.74, 6) is -1.21. The van der Waals surface area contributed by atoms with Gasteiger partial charge in [-0.2, -0.15) is 5.26 Å². The minimum Gasteiger partial charge on any atom is -0.457 e. The van der Waals surface area contributed by atoms with Crippen LogP contribution >= 0.6 is 0 Å². The highest BCUT2D eigenvalue weighted by Gasteiger charge is 2.17. The molecule has 2 aromatic carbocycles. The SMILES string of the molecule is N#C[C@@H](COC(=O)c1ccccc1)OC(=O)c1ccccc1. The average molecular weight is 295 g/mol. The van der Waals surface area contributed by atoms with Crippen molar-refractivity contribution in [1.29, 1.82) is 5.26 Å². The lowest BCUT2D eigenvalue weighted by molar-refractivity contribution is 0.0130. The molecule has 0 aliphatic heterocycles. The molecule has 110 valence electrons. The number of ether oxygens (including phenoxy) is 2. The first-order valence-corrected chi connectivity index (χ1v) is 6.58. The fourth-order valence-electron chi connectivity index (χ4n) is 1.68. The van der Waals surface area contributed by atoms with Crippen molar-refractivity contribution in [3.63, 3.8) is 0 Å². The van der Waals surface area contributed by atoms with E-state index in [0.29, 0.717) is 11.1 Å². The Kier molecular flexibility index (Phi) is 5.27. The van der Waals surface area contributed by atoms with Gasteiger partial charge in [0.25, 0.3) is 0 Å². The number of carbonyl (C=O) groups excluding carboxylic acids is 2. The maximum atomic E-state index is 11.8. The van der Waals surface area contributed by atoms with E-state index in [-0.39, 0.29) is 6.61 Å². The first-order chi connectivity index (χ1) is 10.7. The maximum absolute atomic E-state index is 11.8. The molecule has 0 heterocycles. The number of benzene rings is 2. The Hall–Kier alpha value is -3.13. The molecule has 0 aliphatic rings. The smallest absolute Gasteiger partial charge is 0.339 e. The van der Waals surface area contributed by atoms with Crippen LogP contribution < -0.4 is 0 Å². The summed E-state index contributed by atoms with van der Waals surface area (Å²) in [6.07, 6.45) is -1.15. The lowest BCUT2D eigenvalue weighted by atomic mass is 10.2. The molecular formula is C17H13NO4. The Bertz CT molecular complexity index is 677. The van der Waals surface area contributed by atoms with Gasteiger partial charge in [0.1, 0.15) is 12.7 Å². The van der Waals surface area contributed by atoms with E-state index in [1.807, 2.05) is 0 Å². The molecule has 0 aromatic heterocycles. The highest BCUT2D eigenvalue weighted by molar-refractivity contribution is 5.90. The molecular weight excluding hydrogens is 282 g/mol. The van der Waals surface area contributed by atoms with Crippen LogP contribution in [-0.2, 0) is 9.47 Å².